The molecule has 0 radical (unpaired) electrons. The van der Waals surface area contributed by atoms with Crippen molar-refractivity contribution < 1.29 is 0 Å². The molecule has 30 heavy (non-hydrogen) atoms. The molecule has 4 N–H and O–H groups in total. The maximum absolute atomic E-state index is 5.70. The van der Waals surface area contributed by atoms with Crippen LogP contribution in [0.1, 0.15) is 36.8 Å². The van der Waals surface area contributed by atoms with Crippen LogP contribution in [0.15, 0.2) is 60.7 Å². The van der Waals surface area contributed by atoms with E-state index in [0.29, 0.717) is 0 Å². The van der Waals surface area contributed by atoms with E-state index < -0.39 is 0 Å². The van der Waals surface area contributed by atoms with Gasteiger partial charge in [0.2, 0.25) is 0 Å². The highest BCUT2D eigenvalue weighted by Crippen LogP contribution is 2.12. The number of hydrogen-bond acceptors (Lipinski definition) is 5. The normalized spacial score (nSPS) is 11.5. The summed E-state index contributed by atoms with van der Waals surface area (Å²) in [5, 5.41) is 0. The molecule has 0 saturated carbocycles. The van der Waals surface area contributed by atoms with Crippen molar-refractivity contribution in [2.75, 3.05) is 44.4 Å². The van der Waals surface area contributed by atoms with E-state index in [4.69, 9.17) is 11.5 Å². The summed E-state index contributed by atoms with van der Waals surface area (Å²) in [5.74, 6) is 2.08. The predicted molar refractivity (Wildman–Crippen MR) is 132 cm³/mol. The number of thioether (sulfide) groups is 1. The molecule has 0 aromatic heterocycles. The summed E-state index contributed by atoms with van der Waals surface area (Å²) in [4.78, 5) is 5.15. The van der Waals surface area contributed by atoms with Crippen LogP contribution >= 0.6 is 11.8 Å². The van der Waals surface area contributed by atoms with Gasteiger partial charge in [-0.1, -0.05) is 60.7 Å². The van der Waals surface area contributed by atoms with Crippen molar-refractivity contribution in [1.29, 1.82) is 0 Å². The molecule has 0 aliphatic carbocycles. The van der Waals surface area contributed by atoms with Gasteiger partial charge in [0.05, 0.1) is 0 Å². The zero-order chi connectivity index (χ0) is 21.3. The topological polar surface area (TPSA) is 58.5 Å². The Morgan fingerprint density at radius 1 is 0.600 bits per heavy atom. The molecule has 2 aromatic rings. The maximum atomic E-state index is 5.70. The van der Waals surface area contributed by atoms with Crippen molar-refractivity contribution in [2.24, 2.45) is 11.5 Å². The summed E-state index contributed by atoms with van der Waals surface area (Å²) in [6.45, 7) is 7.00. The lowest BCUT2D eigenvalue weighted by molar-refractivity contribution is 0.242. The summed E-state index contributed by atoms with van der Waals surface area (Å²) >= 11 is 1.94. The molecular formula is C25H40N4S. The second-order valence-electron chi connectivity index (χ2n) is 7.83. The van der Waals surface area contributed by atoms with Crippen molar-refractivity contribution in [1.82, 2.24) is 9.80 Å². The summed E-state index contributed by atoms with van der Waals surface area (Å²) in [5.41, 5.74) is 14.2. The van der Waals surface area contributed by atoms with Gasteiger partial charge in [-0.3, -0.25) is 9.80 Å². The Labute approximate surface area is 188 Å². The number of rotatable bonds is 17. The minimum Gasteiger partial charge on any atom is -0.330 e. The summed E-state index contributed by atoms with van der Waals surface area (Å²) in [6, 6.07) is 21.6. The molecule has 0 bridgehead atoms. The van der Waals surface area contributed by atoms with Gasteiger partial charge >= 0.3 is 0 Å². The quantitative estimate of drug-likeness (QED) is 0.293. The molecule has 0 saturated heterocycles. The molecule has 166 valence electrons. The molecule has 4 nitrogen and oxygen atoms in total. The predicted octanol–water partition coefficient (Wildman–Crippen LogP) is 4.16. The van der Waals surface area contributed by atoms with Crippen molar-refractivity contribution in [3.05, 3.63) is 71.8 Å². The molecule has 0 atom stereocenters. The van der Waals surface area contributed by atoms with Crippen LogP contribution in [0.4, 0.5) is 0 Å². The Morgan fingerprint density at radius 3 is 1.63 bits per heavy atom. The minimum absolute atomic E-state index is 0.751. The van der Waals surface area contributed by atoms with E-state index in [2.05, 4.69) is 70.5 Å². The molecule has 2 rings (SSSR count). The first kappa shape index (κ1) is 24.9. The van der Waals surface area contributed by atoms with Gasteiger partial charge in [-0.2, -0.15) is 0 Å². The van der Waals surface area contributed by atoms with Gasteiger partial charge in [0.25, 0.3) is 0 Å². The smallest absolute Gasteiger partial charge is 0.0448 e. The fraction of sp³-hybridized carbons (Fsp3) is 0.520. The van der Waals surface area contributed by atoms with Crippen LogP contribution in [0.2, 0.25) is 0 Å². The van der Waals surface area contributed by atoms with E-state index in [-0.39, 0.29) is 0 Å². The number of nitrogens with zero attached hydrogens (tertiary/aromatic N) is 2. The lowest BCUT2D eigenvalue weighted by atomic mass is 10.1. The van der Waals surface area contributed by atoms with Gasteiger partial charge in [-0.25, -0.2) is 0 Å². The first-order valence-electron chi connectivity index (χ1n) is 11.3. The van der Waals surface area contributed by atoms with Gasteiger partial charge in [-0.05, 0) is 63.0 Å². The zero-order valence-electron chi connectivity index (χ0n) is 18.4. The van der Waals surface area contributed by atoms with Crippen LogP contribution in [-0.4, -0.2) is 54.2 Å². The molecule has 0 amide bonds. The Bertz CT molecular complexity index is 581. The van der Waals surface area contributed by atoms with Crippen molar-refractivity contribution >= 4 is 11.8 Å². The summed E-state index contributed by atoms with van der Waals surface area (Å²) in [7, 11) is 0. The Balaban J connectivity index is 1.79. The number of nitrogens with two attached hydrogens (primary N) is 2. The molecular weight excluding hydrogens is 388 g/mol. The highest BCUT2D eigenvalue weighted by molar-refractivity contribution is 7.99. The first-order valence-corrected chi connectivity index (χ1v) is 12.5. The molecule has 2 aromatic carbocycles. The lowest BCUT2D eigenvalue weighted by Crippen LogP contribution is -2.28. The maximum Gasteiger partial charge on any atom is 0.0448 e. The fourth-order valence-electron chi connectivity index (χ4n) is 3.57. The SMILES string of the molecule is NCCCCN(CCCCN(CSCCN)Cc1ccccc1)Cc1ccccc1. The van der Waals surface area contributed by atoms with E-state index in [1.54, 1.807) is 0 Å². The minimum atomic E-state index is 0.751. The molecule has 0 unspecified atom stereocenters. The van der Waals surface area contributed by atoms with E-state index in [0.717, 1.165) is 63.9 Å². The average molecular weight is 429 g/mol. The van der Waals surface area contributed by atoms with E-state index in [1.807, 2.05) is 11.8 Å². The van der Waals surface area contributed by atoms with E-state index in [9.17, 15) is 0 Å². The Hall–Kier alpha value is -1.37. The second kappa shape index (κ2) is 16.3. The average Bonchev–Trinajstić information content (AvgIpc) is 2.78. The Morgan fingerprint density at radius 2 is 1.10 bits per heavy atom. The van der Waals surface area contributed by atoms with Crippen LogP contribution < -0.4 is 11.5 Å². The number of benzene rings is 2. The molecule has 5 heteroatoms. The highest BCUT2D eigenvalue weighted by atomic mass is 32.2. The standard InChI is InChI=1S/C25H40N4S/c26-15-7-8-17-28(21-24-11-3-1-4-12-24)18-9-10-19-29(23-30-20-16-27)22-25-13-5-2-6-14-25/h1-6,11-14H,7-10,15-23,26-27H2. The summed E-state index contributed by atoms with van der Waals surface area (Å²) in [6.07, 6.45) is 4.73. The van der Waals surface area contributed by atoms with Crippen LogP contribution in [-0.2, 0) is 13.1 Å². The van der Waals surface area contributed by atoms with Gasteiger partial charge in [0.15, 0.2) is 0 Å². The molecule has 0 spiro atoms. The van der Waals surface area contributed by atoms with Gasteiger partial charge in [0, 0.05) is 31.3 Å². The third-order valence-corrected chi connectivity index (χ3v) is 6.23. The van der Waals surface area contributed by atoms with Crippen molar-refractivity contribution in [3.8, 4) is 0 Å². The molecule has 0 aliphatic heterocycles. The van der Waals surface area contributed by atoms with Crippen LogP contribution in [0, 0.1) is 0 Å². The molecule has 0 heterocycles. The monoisotopic (exact) mass is 428 g/mol. The third-order valence-electron chi connectivity index (χ3n) is 5.16. The number of unbranched alkanes of at least 4 members (excludes halogenated alkanes) is 2. The Kier molecular flexibility index (Phi) is 13.6. The third kappa shape index (κ3) is 11.1. The highest BCUT2D eigenvalue weighted by Gasteiger charge is 2.09. The number of hydrogen-bond donors (Lipinski definition) is 2. The van der Waals surface area contributed by atoms with Gasteiger partial charge < -0.3 is 11.5 Å². The zero-order valence-corrected chi connectivity index (χ0v) is 19.2. The first-order chi connectivity index (χ1) is 14.8. The van der Waals surface area contributed by atoms with Gasteiger partial charge in [-0.15, -0.1) is 11.8 Å². The van der Waals surface area contributed by atoms with Crippen LogP contribution in [0.3, 0.4) is 0 Å². The second-order valence-corrected chi connectivity index (χ2v) is 8.90. The fourth-order valence-corrected chi connectivity index (χ4v) is 4.34. The van der Waals surface area contributed by atoms with Gasteiger partial charge in [0.1, 0.15) is 0 Å². The van der Waals surface area contributed by atoms with Crippen LogP contribution in [0.5, 0.6) is 0 Å². The summed E-state index contributed by atoms with van der Waals surface area (Å²) < 4.78 is 0. The lowest BCUT2D eigenvalue weighted by Gasteiger charge is -2.25. The molecule has 0 aliphatic rings. The van der Waals surface area contributed by atoms with Crippen LogP contribution in [0.25, 0.3) is 0 Å². The van der Waals surface area contributed by atoms with Crippen molar-refractivity contribution in [3.63, 3.8) is 0 Å². The van der Waals surface area contributed by atoms with Crippen molar-refractivity contribution in [2.45, 2.75) is 38.8 Å². The van der Waals surface area contributed by atoms with E-state index >= 15 is 0 Å². The largest absolute Gasteiger partial charge is 0.330 e. The molecule has 0 fully saturated rings. The van der Waals surface area contributed by atoms with E-state index in [1.165, 1.54) is 30.4 Å².